The number of halogens is 2. The number of carbonyl (C=O) groups is 2. The number of fused-ring (bicyclic) bond motifs is 1. The van der Waals surface area contributed by atoms with Crippen LogP contribution in [-0.4, -0.2) is 82.7 Å². The summed E-state index contributed by atoms with van der Waals surface area (Å²) in [5.41, 5.74) is 1.81. The van der Waals surface area contributed by atoms with Crippen LogP contribution < -0.4 is 10.1 Å². The molecule has 2 atom stereocenters. The van der Waals surface area contributed by atoms with Crippen LogP contribution in [0.25, 0.3) is 11.1 Å². The van der Waals surface area contributed by atoms with Crippen LogP contribution in [0.5, 0.6) is 5.75 Å². The third-order valence-corrected chi connectivity index (χ3v) is 7.22. The second-order valence-electron chi connectivity index (χ2n) is 9.87. The first-order valence-corrected chi connectivity index (χ1v) is 13.0. The van der Waals surface area contributed by atoms with Crippen molar-refractivity contribution in [3.8, 4) is 5.75 Å². The standard InChI is InChI=1S/C26H27ClFN5O5/c1-36-22-7-14(6-20-23(22)38-26(31-20)30-10-17-8-15(27)4-5-29-17)24(34)33-13-19(37-18-2-3-18)9-21(33)25(35)32-11-16(28)12-32/h4-8,16,18-19,21H,2-3,9-13H2,1H3,(H,30,31)/t19-,21+/m1/s1. The number of likely N-dealkylation sites (tertiary alicyclic amines) is 2. The van der Waals surface area contributed by atoms with Gasteiger partial charge in [0, 0.05) is 29.7 Å². The van der Waals surface area contributed by atoms with Gasteiger partial charge in [0.15, 0.2) is 11.3 Å². The molecule has 0 unspecified atom stereocenters. The lowest BCUT2D eigenvalue weighted by Gasteiger charge is -2.37. The number of amides is 2. The van der Waals surface area contributed by atoms with Crippen molar-refractivity contribution in [1.29, 1.82) is 0 Å². The Bertz CT molecular complexity index is 1380. The van der Waals surface area contributed by atoms with Gasteiger partial charge in [0.25, 0.3) is 11.9 Å². The normalized spacial score (nSPS) is 21.6. The minimum atomic E-state index is -1.01. The van der Waals surface area contributed by atoms with Crippen LogP contribution in [0.1, 0.15) is 35.3 Å². The minimum absolute atomic E-state index is 0.0602. The van der Waals surface area contributed by atoms with E-state index in [1.807, 2.05) is 0 Å². The molecule has 200 valence electrons. The molecule has 1 N–H and O–H groups in total. The molecule has 2 aliphatic heterocycles. The van der Waals surface area contributed by atoms with Gasteiger partial charge in [-0.3, -0.25) is 14.6 Å². The van der Waals surface area contributed by atoms with E-state index in [1.54, 1.807) is 30.5 Å². The van der Waals surface area contributed by atoms with Gasteiger partial charge in [-0.25, -0.2) is 4.39 Å². The Morgan fingerprint density at radius 2 is 2.03 bits per heavy atom. The van der Waals surface area contributed by atoms with Gasteiger partial charge in [-0.15, -0.1) is 0 Å². The predicted molar refractivity (Wildman–Crippen MR) is 136 cm³/mol. The molecular formula is C26H27ClFN5O5. The molecule has 3 fully saturated rings. The summed E-state index contributed by atoms with van der Waals surface area (Å²) in [5.74, 6) is -0.253. The van der Waals surface area contributed by atoms with Crippen LogP contribution in [-0.2, 0) is 16.1 Å². The number of aromatic nitrogens is 2. The predicted octanol–water partition coefficient (Wildman–Crippen LogP) is 3.44. The number of carbonyl (C=O) groups excluding carboxylic acids is 2. The van der Waals surface area contributed by atoms with E-state index >= 15 is 0 Å². The minimum Gasteiger partial charge on any atom is -0.493 e. The van der Waals surface area contributed by atoms with Gasteiger partial charge in [-0.05, 0) is 37.1 Å². The Kier molecular flexibility index (Phi) is 6.56. The largest absolute Gasteiger partial charge is 0.493 e. The maximum atomic E-state index is 13.7. The number of methoxy groups -OCH3 is 1. The second kappa shape index (κ2) is 10.0. The Labute approximate surface area is 223 Å². The van der Waals surface area contributed by atoms with Crippen LogP contribution >= 0.6 is 11.6 Å². The van der Waals surface area contributed by atoms with Gasteiger partial charge in [-0.1, -0.05) is 11.6 Å². The van der Waals surface area contributed by atoms with Crippen molar-refractivity contribution in [2.45, 2.75) is 50.2 Å². The Hall–Kier alpha value is -3.44. The summed E-state index contributed by atoms with van der Waals surface area (Å²) >= 11 is 6.03. The Morgan fingerprint density at radius 1 is 1.21 bits per heavy atom. The molecule has 1 aromatic carbocycles. The second-order valence-corrected chi connectivity index (χ2v) is 10.3. The highest BCUT2D eigenvalue weighted by atomic mass is 35.5. The Morgan fingerprint density at radius 3 is 2.74 bits per heavy atom. The summed E-state index contributed by atoms with van der Waals surface area (Å²) in [4.78, 5) is 38.6. The number of oxazole rings is 1. The first-order valence-electron chi connectivity index (χ1n) is 12.6. The summed E-state index contributed by atoms with van der Waals surface area (Å²) < 4.78 is 30.8. The van der Waals surface area contributed by atoms with Crippen molar-refractivity contribution < 1.29 is 27.9 Å². The molecule has 0 bridgehead atoms. The van der Waals surface area contributed by atoms with Crippen LogP contribution in [0.2, 0.25) is 5.02 Å². The van der Waals surface area contributed by atoms with Crippen LogP contribution in [0.4, 0.5) is 10.4 Å². The van der Waals surface area contributed by atoms with E-state index in [0.717, 1.165) is 12.8 Å². The van der Waals surface area contributed by atoms with Crippen molar-refractivity contribution in [3.05, 3.63) is 46.7 Å². The van der Waals surface area contributed by atoms with Gasteiger partial charge in [0.05, 0.1) is 44.6 Å². The van der Waals surface area contributed by atoms with Crippen molar-refractivity contribution in [2.24, 2.45) is 0 Å². The molecule has 2 saturated heterocycles. The lowest BCUT2D eigenvalue weighted by molar-refractivity contribution is -0.142. The zero-order valence-electron chi connectivity index (χ0n) is 20.7. The highest BCUT2D eigenvalue weighted by Gasteiger charge is 2.46. The van der Waals surface area contributed by atoms with Gasteiger partial charge >= 0.3 is 0 Å². The van der Waals surface area contributed by atoms with E-state index in [0.29, 0.717) is 46.1 Å². The van der Waals surface area contributed by atoms with Crippen molar-refractivity contribution in [2.75, 3.05) is 32.1 Å². The molecule has 6 rings (SSSR count). The maximum absolute atomic E-state index is 13.7. The average Bonchev–Trinajstić information content (AvgIpc) is 3.44. The van der Waals surface area contributed by atoms with Gasteiger partial charge in [0.1, 0.15) is 17.7 Å². The third kappa shape index (κ3) is 5.00. The molecule has 12 heteroatoms. The van der Waals surface area contributed by atoms with E-state index in [9.17, 15) is 14.0 Å². The van der Waals surface area contributed by atoms with E-state index in [1.165, 1.54) is 16.9 Å². The maximum Gasteiger partial charge on any atom is 0.296 e. The van der Waals surface area contributed by atoms with Crippen molar-refractivity contribution in [1.82, 2.24) is 19.8 Å². The lowest BCUT2D eigenvalue weighted by Crippen LogP contribution is -2.57. The SMILES string of the molecule is COc1cc(C(=O)N2C[C@H](OC3CC3)C[C@H]2C(=O)N2CC(F)C2)cc2nc(NCc3cc(Cl)ccn3)oc12. The molecule has 3 aromatic rings. The lowest BCUT2D eigenvalue weighted by atomic mass is 10.1. The van der Waals surface area contributed by atoms with Crippen molar-refractivity contribution >= 4 is 40.5 Å². The molecule has 10 nitrogen and oxygen atoms in total. The summed E-state index contributed by atoms with van der Waals surface area (Å²) in [6.07, 6.45) is 2.91. The number of benzene rings is 1. The number of nitrogens with zero attached hydrogens (tertiary/aromatic N) is 4. The first-order chi connectivity index (χ1) is 18.4. The molecule has 2 aromatic heterocycles. The molecule has 3 aliphatic rings. The average molecular weight is 544 g/mol. The number of rotatable bonds is 8. The van der Waals surface area contributed by atoms with E-state index in [-0.39, 0.29) is 49.7 Å². The van der Waals surface area contributed by atoms with Crippen LogP contribution in [0, 0.1) is 0 Å². The van der Waals surface area contributed by atoms with E-state index in [2.05, 4.69) is 15.3 Å². The van der Waals surface area contributed by atoms with Crippen LogP contribution in [0.15, 0.2) is 34.9 Å². The zero-order valence-corrected chi connectivity index (χ0v) is 21.5. The van der Waals surface area contributed by atoms with Gasteiger partial charge in [-0.2, -0.15) is 4.98 Å². The van der Waals surface area contributed by atoms with E-state index < -0.39 is 12.2 Å². The van der Waals surface area contributed by atoms with E-state index in [4.69, 9.17) is 25.5 Å². The number of nitrogens with one attached hydrogen (secondary N) is 1. The highest BCUT2D eigenvalue weighted by Crippen LogP contribution is 2.34. The molecule has 0 spiro atoms. The van der Waals surface area contributed by atoms with Crippen LogP contribution in [0.3, 0.4) is 0 Å². The molecule has 1 saturated carbocycles. The first kappa shape index (κ1) is 24.9. The monoisotopic (exact) mass is 543 g/mol. The molecule has 4 heterocycles. The van der Waals surface area contributed by atoms with Crippen molar-refractivity contribution in [3.63, 3.8) is 0 Å². The number of hydrogen-bond acceptors (Lipinski definition) is 8. The molecule has 1 aliphatic carbocycles. The zero-order chi connectivity index (χ0) is 26.4. The highest BCUT2D eigenvalue weighted by molar-refractivity contribution is 6.30. The Balaban J connectivity index is 1.24. The summed E-state index contributed by atoms with van der Waals surface area (Å²) in [5, 5.41) is 3.64. The number of hydrogen-bond donors (Lipinski definition) is 1. The molecule has 38 heavy (non-hydrogen) atoms. The third-order valence-electron chi connectivity index (χ3n) is 6.99. The summed E-state index contributed by atoms with van der Waals surface area (Å²) in [6, 6.07) is 6.14. The summed E-state index contributed by atoms with van der Waals surface area (Å²) in [7, 11) is 1.48. The topological polar surface area (TPSA) is 110 Å². The van der Waals surface area contributed by atoms with Gasteiger partial charge in [0.2, 0.25) is 5.91 Å². The summed E-state index contributed by atoms with van der Waals surface area (Å²) in [6.45, 7) is 0.740. The molecule has 2 amide bonds. The fourth-order valence-electron chi connectivity index (χ4n) is 4.88. The number of alkyl halides is 1. The number of anilines is 1. The molecule has 0 radical (unpaired) electrons. The number of pyridine rings is 1. The fourth-order valence-corrected chi connectivity index (χ4v) is 5.06. The fraction of sp³-hybridized carbons (Fsp3) is 0.462. The van der Waals surface area contributed by atoms with Gasteiger partial charge < -0.3 is 29.0 Å². The number of ether oxygens (including phenoxy) is 2. The molecular weight excluding hydrogens is 517 g/mol. The quantitative estimate of drug-likeness (QED) is 0.460. The smallest absolute Gasteiger partial charge is 0.296 e.